The highest BCUT2D eigenvalue weighted by molar-refractivity contribution is 5.87. The quantitative estimate of drug-likeness (QED) is 0.141. The lowest BCUT2D eigenvalue weighted by molar-refractivity contribution is -0.253. The SMILES string of the molecule is CC/C=C\C/C=C\C/C=C\C/C=C\C/C=C\C/C=C\CCC(=O)N[C@@H](C)C(=O)N[C@@H]1[C@@H](O)[C@H](O)[C@@H](CO)O[C@H]1O. The summed E-state index contributed by atoms with van der Waals surface area (Å²) in [5.74, 6) is -0.966. The molecule has 2 amide bonds. The molecule has 1 heterocycles. The van der Waals surface area contributed by atoms with Crippen LogP contribution in [-0.2, 0) is 14.3 Å². The van der Waals surface area contributed by atoms with Gasteiger partial charge in [0.25, 0.3) is 0 Å². The van der Waals surface area contributed by atoms with Crippen molar-refractivity contribution in [3.63, 3.8) is 0 Å². The first kappa shape index (κ1) is 35.2. The monoisotopic (exact) mass is 560 g/mol. The van der Waals surface area contributed by atoms with Gasteiger partial charge in [-0.15, -0.1) is 0 Å². The van der Waals surface area contributed by atoms with Gasteiger partial charge in [-0.1, -0.05) is 79.8 Å². The van der Waals surface area contributed by atoms with Crippen LogP contribution in [0.5, 0.6) is 0 Å². The Morgan fingerprint density at radius 1 is 0.775 bits per heavy atom. The minimum atomic E-state index is -1.62. The summed E-state index contributed by atoms with van der Waals surface area (Å²) in [4.78, 5) is 24.5. The molecule has 0 unspecified atom stereocenters. The maximum atomic E-state index is 12.4. The van der Waals surface area contributed by atoms with Gasteiger partial charge in [-0.25, -0.2) is 0 Å². The van der Waals surface area contributed by atoms with Gasteiger partial charge < -0.3 is 35.8 Å². The number of nitrogens with one attached hydrogen (secondary N) is 2. The maximum absolute atomic E-state index is 12.4. The number of amides is 2. The van der Waals surface area contributed by atoms with Crippen molar-refractivity contribution >= 4 is 11.8 Å². The topological polar surface area (TPSA) is 148 Å². The van der Waals surface area contributed by atoms with Gasteiger partial charge in [0.05, 0.1) is 6.61 Å². The van der Waals surface area contributed by atoms with Crippen molar-refractivity contribution in [3.8, 4) is 0 Å². The Kier molecular flexibility index (Phi) is 19.3. The first-order chi connectivity index (χ1) is 19.3. The van der Waals surface area contributed by atoms with Crippen molar-refractivity contribution in [2.24, 2.45) is 0 Å². The Hall–Kier alpha value is -2.82. The van der Waals surface area contributed by atoms with E-state index in [1.165, 1.54) is 6.92 Å². The zero-order valence-electron chi connectivity index (χ0n) is 23.8. The second kappa shape index (κ2) is 21.9. The van der Waals surface area contributed by atoms with Gasteiger partial charge in [0.15, 0.2) is 6.29 Å². The van der Waals surface area contributed by atoms with E-state index in [9.17, 15) is 24.9 Å². The molecule has 1 rings (SSSR count). The molecule has 0 radical (unpaired) electrons. The standard InChI is InChI=1S/C31H48N2O7/c1-3-4-5-6-7-8-9-10-11-12-13-14-15-16-17-18-19-20-21-22-26(35)32-24(2)30(38)33-27-29(37)28(36)25(23-34)40-31(27)39/h4-5,7-8,10-11,13-14,16-17,19-20,24-25,27-29,31,34,36-37,39H,3,6,9,12,15,18,21-23H2,1-2H3,(H,32,35)(H,33,38)/b5-4-,8-7-,11-10-,14-13-,17-16-,20-19-/t24-,25+,27+,28+,29+,31+/m0/s1. The molecule has 0 spiro atoms. The third-order valence-corrected chi connectivity index (χ3v) is 6.11. The molecule has 6 atom stereocenters. The molecule has 9 nitrogen and oxygen atoms in total. The third-order valence-electron chi connectivity index (χ3n) is 6.11. The fourth-order valence-corrected chi connectivity index (χ4v) is 3.78. The minimum absolute atomic E-state index is 0.203. The lowest BCUT2D eigenvalue weighted by Gasteiger charge is -2.40. The number of aliphatic hydroxyl groups excluding tert-OH is 4. The smallest absolute Gasteiger partial charge is 0.242 e. The summed E-state index contributed by atoms with van der Waals surface area (Å²) >= 11 is 0. The molecule has 1 saturated heterocycles. The Labute approximate surface area is 238 Å². The Morgan fingerprint density at radius 3 is 1.73 bits per heavy atom. The number of ether oxygens (including phenoxy) is 1. The van der Waals surface area contributed by atoms with Gasteiger partial charge in [-0.3, -0.25) is 9.59 Å². The van der Waals surface area contributed by atoms with Crippen LogP contribution in [0.25, 0.3) is 0 Å². The van der Waals surface area contributed by atoms with Crippen LogP contribution < -0.4 is 10.6 Å². The average molecular weight is 561 g/mol. The predicted molar refractivity (Wildman–Crippen MR) is 157 cm³/mol. The molecule has 0 aromatic carbocycles. The van der Waals surface area contributed by atoms with E-state index in [1.807, 2.05) is 12.2 Å². The van der Waals surface area contributed by atoms with Gasteiger partial charge in [-0.2, -0.15) is 0 Å². The van der Waals surface area contributed by atoms with E-state index in [0.717, 1.165) is 38.5 Å². The third kappa shape index (κ3) is 15.1. The molecule has 1 fully saturated rings. The van der Waals surface area contributed by atoms with Crippen LogP contribution in [0, 0.1) is 0 Å². The number of hydrogen-bond donors (Lipinski definition) is 6. The molecule has 40 heavy (non-hydrogen) atoms. The molecular formula is C31H48N2O7. The summed E-state index contributed by atoms with van der Waals surface area (Å²) in [7, 11) is 0. The number of allylic oxidation sites excluding steroid dienone is 12. The normalized spacial score (nSPS) is 24.8. The molecule has 6 N–H and O–H groups in total. The maximum Gasteiger partial charge on any atom is 0.242 e. The van der Waals surface area contributed by atoms with Crippen molar-refractivity contribution in [2.75, 3.05) is 6.61 Å². The minimum Gasteiger partial charge on any atom is -0.394 e. The van der Waals surface area contributed by atoms with Crippen molar-refractivity contribution < 1.29 is 34.8 Å². The van der Waals surface area contributed by atoms with Crippen LogP contribution in [0.2, 0.25) is 0 Å². The van der Waals surface area contributed by atoms with Gasteiger partial charge in [0, 0.05) is 6.42 Å². The lowest BCUT2D eigenvalue weighted by Crippen LogP contribution is -2.65. The molecule has 0 aromatic heterocycles. The molecule has 1 aliphatic rings. The van der Waals surface area contributed by atoms with Crippen LogP contribution in [-0.4, -0.2) is 75.5 Å². The summed E-state index contributed by atoms with van der Waals surface area (Å²) in [5.41, 5.74) is 0. The summed E-state index contributed by atoms with van der Waals surface area (Å²) in [6.07, 6.45) is 25.9. The molecule has 9 heteroatoms. The molecule has 0 bridgehead atoms. The van der Waals surface area contributed by atoms with E-state index in [0.29, 0.717) is 6.42 Å². The van der Waals surface area contributed by atoms with Gasteiger partial charge in [0.1, 0.15) is 30.4 Å². The second-order valence-electron chi connectivity index (χ2n) is 9.51. The van der Waals surface area contributed by atoms with Gasteiger partial charge in [0.2, 0.25) is 11.8 Å². The van der Waals surface area contributed by atoms with Crippen LogP contribution >= 0.6 is 0 Å². The van der Waals surface area contributed by atoms with Crippen molar-refractivity contribution in [2.45, 2.75) is 102 Å². The number of carbonyl (C=O) groups excluding carboxylic acids is 2. The summed E-state index contributed by atoms with van der Waals surface area (Å²) in [6, 6.07) is -2.23. The highest BCUT2D eigenvalue weighted by atomic mass is 16.6. The number of carbonyl (C=O) groups is 2. The first-order valence-corrected chi connectivity index (χ1v) is 14.1. The Balaban J connectivity index is 2.16. The number of aliphatic hydroxyl groups is 4. The largest absolute Gasteiger partial charge is 0.394 e. The molecule has 0 saturated carbocycles. The van der Waals surface area contributed by atoms with Crippen molar-refractivity contribution in [3.05, 3.63) is 72.9 Å². The highest BCUT2D eigenvalue weighted by Gasteiger charge is 2.44. The second-order valence-corrected chi connectivity index (χ2v) is 9.51. The summed E-state index contributed by atoms with van der Waals surface area (Å²) in [6.45, 7) is 3.01. The molecule has 224 valence electrons. The van der Waals surface area contributed by atoms with Crippen molar-refractivity contribution in [1.29, 1.82) is 0 Å². The summed E-state index contributed by atoms with van der Waals surface area (Å²) in [5, 5.41) is 44.1. The Bertz CT molecular complexity index is 894. The zero-order valence-corrected chi connectivity index (χ0v) is 23.8. The fraction of sp³-hybridized carbons (Fsp3) is 0.548. The zero-order chi connectivity index (χ0) is 29.6. The fourth-order valence-electron chi connectivity index (χ4n) is 3.78. The van der Waals surface area contributed by atoms with Crippen LogP contribution in [0.15, 0.2) is 72.9 Å². The molecule has 1 aliphatic heterocycles. The van der Waals surface area contributed by atoms with E-state index in [2.05, 4.69) is 78.3 Å². The Morgan fingerprint density at radius 2 is 1.25 bits per heavy atom. The van der Waals surface area contributed by atoms with E-state index >= 15 is 0 Å². The highest BCUT2D eigenvalue weighted by Crippen LogP contribution is 2.19. The van der Waals surface area contributed by atoms with E-state index in [1.54, 1.807) is 0 Å². The molecule has 0 aliphatic carbocycles. The van der Waals surface area contributed by atoms with Crippen LogP contribution in [0.3, 0.4) is 0 Å². The van der Waals surface area contributed by atoms with Gasteiger partial charge >= 0.3 is 0 Å². The predicted octanol–water partition coefficient (Wildman–Crippen LogP) is 2.89. The van der Waals surface area contributed by atoms with Gasteiger partial charge in [-0.05, 0) is 51.9 Å². The van der Waals surface area contributed by atoms with Crippen LogP contribution in [0.1, 0.15) is 65.2 Å². The lowest BCUT2D eigenvalue weighted by atomic mass is 9.97. The van der Waals surface area contributed by atoms with E-state index in [-0.39, 0.29) is 12.3 Å². The van der Waals surface area contributed by atoms with Crippen LogP contribution in [0.4, 0.5) is 0 Å². The number of rotatable bonds is 18. The van der Waals surface area contributed by atoms with Crippen molar-refractivity contribution in [1.82, 2.24) is 10.6 Å². The number of hydrogen-bond acceptors (Lipinski definition) is 7. The summed E-state index contributed by atoms with van der Waals surface area (Å²) < 4.78 is 5.01. The molecular weight excluding hydrogens is 512 g/mol. The average Bonchev–Trinajstić information content (AvgIpc) is 2.94. The van der Waals surface area contributed by atoms with E-state index < -0.39 is 49.2 Å². The first-order valence-electron chi connectivity index (χ1n) is 14.1. The molecule has 0 aromatic rings. The van der Waals surface area contributed by atoms with E-state index in [4.69, 9.17) is 9.84 Å².